The van der Waals surface area contributed by atoms with Crippen molar-refractivity contribution in [3.63, 3.8) is 0 Å². The first kappa shape index (κ1) is 10.5. The fourth-order valence-electron chi connectivity index (χ4n) is 2.52. The molecule has 0 aromatic carbocycles. The summed E-state index contributed by atoms with van der Waals surface area (Å²) in [5, 5.41) is 0. The molecule has 3 rings (SSSR count). The predicted molar refractivity (Wildman–Crippen MR) is 61.9 cm³/mol. The first-order valence-electron chi connectivity index (χ1n) is 5.38. The van der Waals surface area contributed by atoms with Crippen LogP contribution in [0, 0.1) is 17.8 Å². The molecule has 0 bridgehead atoms. The van der Waals surface area contributed by atoms with Crippen LogP contribution in [0.1, 0.15) is 0 Å². The van der Waals surface area contributed by atoms with Gasteiger partial charge in [-0.2, -0.15) is 4.39 Å². The number of aromatic nitrogens is 1. The Labute approximate surface area is 102 Å². The zero-order valence-electron chi connectivity index (χ0n) is 8.70. The van der Waals surface area contributed by atoms with Gasteiger partial charge in [0.25, 0.3) is 0 Å². The van der Waals surface area contributed by atoms with Crippen LogP contribution in [0.4, 0.5) is 10.1 Å². The smallest absolute Gasteiger partial charge is 0.236 e. The predicted octanol–water partition coefficient (Wildman–Crippen LogP) is 2.07. The van der Waals surface area contributed by atoms with E-state index in [1.165, 1.54) is 6.20 Å². The zero-order valence-corrected chi connectivity index (χ0v) is 10.3. The van der Waals surface area contributed by atoms with E-state index in [9.17, 15) is 4.39 Å². The van der Waals surface area contributed by atoms with E-state index in [-0.39, 0.29) is 5.95 Å². The van der Waals surface area contributed by atoms with E-state index in [2.05, 4.69) is 25.8 Å². The first-order valence-corrected chi connectivity index (χ1v) is 6.17. The van der Waals surface area contributed by atoms with Gasteiger partial charge >= 0.3 is 0 Å². The third-order valence-corrected chi connectivity index (χ3v) is 3.80. The second-order valence-corrected chi connectivity index (χ2v) is 5.34. The molecule has 0 spiro atoms. The molecule has 0 unspecified atom stereocenters. The van der Waals surface area contributed by atoms with Crippen LogP contribution < -0.4 is 4.90 Å². The summed E-state index contributed by atoms with van der Waals surface area (Å²) in [6.45, 7) is 3.37. The summed E-state index contributed by atoms with van der Waals surface area (Å²) in [6.07, 6.45) is 1.48. The van der Waals surface area contributed by atoms with Gasteiger partial charge in [0.2, 0.25) is 5.95 Å². The normalized spacial score (nSPS) is 28.5. The lowest BCUT2D eigenvalue weighted by atomic mass is 10.0. The maximum absolute atomic E-state index is 13.6. The number of fused-ring (bicyclic) bond motifs is 1. The number of hydrogen-bond donors (Lipinski definition) is 0. The van der Waals surface area contributed by atoms with Crippen LogP contribution in [-0.4, -0.2) is 31.3 Å². The van der Waals surface area contributed by atoms with Crippen molar-refractivity contribution in [1.29, 1.82) is 0 Å². The summed E-state index contributed by atoms with van der Waals surface area (Å²) in [4.78, 5) is 5.81. The molecule has 2 fully saturated rings. The first-order chi connectivity index (χ1) is 7.74. The van der Waals surface area contributed by atoms with E-state index in [1.807, 2.05) is 0 Å². The van der Waals surface area contributed by atoms with E-state index in [4.69, 9.17) is 4.74 Å². The highest BCUT2D eigenvalue weighted by atomic mass is 79.9. The van der Waals surface area contributed by atoms with Crippen molar-refractivity contribution in [2.24, 2.45) is 11.8 Å². The van der Waals surface area contributed by atoms with Gasteiger partial charge in [-0.3, -0.25) is 0 Å². The molecule has 2 atom stereocenters. The summed E-state index contributed by atoms with van der Waals surface area (Å²) in [5.41, 5.74) is 0.601. The molecule has 1 aromatic rings. The largest absolute Gasteiger partial charge is 0.381 e. The van der Waals surface area contributed by atoms with E-state index in [0.29, 0.717) is 17.5 Å². The van der Waals surface area contributed by atoms with Crippen molar-refractivity contribution >= 4 is 21.6 Å². The molecular weight excluding hydrogens is 275 g/mol. The number of ether oxygens (including phenoxy) is 1. The Morgan fingerprint density at radius 3 is 2.75 bits per heavy atom. The molecule has 3 nitrogen and oxygen atoms in total. The van der Waals surface area contributed by atoms with Gasteiger partial charge in [-0.15, -0.1) is 0 Å². The average molecular weight is 287 g/mol. The van der Waals surface area contributed by atoms with Crippen LogP contribution in [0.15, 0.2) is 16.7 Å². The SMILES string of the molecule is Fc1ncc(Br)cc1N1C[C@H]2COC[C@H]2C1. The molecule has 5 heteroatoms. The van der Waals surface area contributed by atoms with Crippen molar-refractivity contribution in [2.75, 3.05) is 31.2 Å². The molecule has 0 aliphatic carbocycles. The summed E-state index contributed by atoms with van der Waals surface area (Å²) >= 11 is 3.32. The standard InChI is InChI=1S/C11H12BrFN2O/c12-9-1-10(11(13)14-2-9)15-3-7-5-16-6-8(7)4-15/h1-2,7-8H,3-6H2/t7-,8+. The minimum Gasteiger partial charge on any atom is -0.381 e. The number of nitrogens with zero attached hydrogens (tertiary/aromatic N) is 2. The third kappa shape index (κ3) is 1.72. The van der Waals surface area contributed by atoms with Crippen molar-refractivity contribution in [1.82, 2.24) is 4.98 Å². The number of rotatable bonds is 1. The summed E-state index contributed by atoms with van der Waals surface area (Å²) in [6, 6.07) is 1.80. The van der Waals surface area contributed by atoms with Crippen LogP contribution in [0.25, 0.3) is 0 Å². The van der Waals surface area contributed by atoms with Gasteiger partial charge < -0.3 is 9.64 Å². The highest BCUT2D eigenvalue weighted by Gasteiger charge is 2.38. The number of hydrogen-bond acceptors (Lipinski definition) is 3. The number of halogens is 2. The highest BCUT2D eigenvalue weighted by molar-refractivity contribution is 9.10. The Bertz CT molecular complexity index is 403. The van der Waals surface area contributed by atoms with Gasteiger partial charge in [0.15, 0.2) is 0 Å². The molecule has 0 amide bonds. The lowest BCUT2D eigenvalue weighted by Gasteiger charge is -2.19. The van der Waals surface area contributed by atoms with Gasteiger partial charge in [0, 0.05) is 35.6 Å². The minimum absolute atomic E-state index is 0.385. The lowest BCUT2D eigenvalue weighted by molar-refractivity contribution is 0.177. The molecule has 16 heavy (non-hydrogen) atoms. The van der Waals surface area contributed by atoms with Crippen LogP contribution >= 0.6 is 15.9 Å². The van der Waals surface area contributed by atoms with E-state index in [1.54, 1.807) is 6.07 Å². The van der Waals surface area contributed by atoms with E-state index < -0.39 is 0 Å². The Kier molecular flexibility index (Phi) is 2.59. The number of anilines is 1. The quantitative estimate of drug-likeness (QED) is 0.739. The minimum atomic E-state index is -0.385. The zero-order chi connectivity index (χ0) is 11.1. The Morgan fingerprint density at radius 2 is 2.06 bits per heavy atom. The Hall–Kier alpha value is -0.680. The fraction of sp³-hybridized carbons (Fsp3) is 0.545. The van der Waals surface area contributed by atoms with Crippen LogP contribution in [-0.2, 0) is 4.74 Å². The summed E-state index contributed by atoms with van der Waals surface area (Å²) in [7, 11) is 0. The van der Waals surface area contributed by atoms with Gasteiger partial charge in [0.05, 0.1) is 18.9 Å². The fourth-order valence-corrected chi connectivity index (χ4v) is 2.84. The van der Waals surface area contributed by atoms with Gasteiger partial charge in [-0.05, 0) is 22.0 Å². The van der Waals surface area contributed by atoms with Gasteiger partial charge in [-0.1, -0.05) is 0 Å². The monoisotopic (exact) mass is 286 g/mol. The van der Waals surface area contributed by atoms with Crippen LogP contribution in [0.3, 0.4) is 0 Å². The van der Waals surface area contributed by atoms with Crippen LogP contribution in [0.5, 0.6) is 0 Å². The highest BCUT2D eigenvalue weighted by Crippen LogP contribution is 2.34. The summed E-state index contributed by atoms with van der Waals surface area (Å²) in [5.74, 6) is 0.723. The maximum Gasteiger partial charge on any atom is 0.236 e. The molecule has 0 radical (unpaired) electrons. The Balaban J connectivity index is 1.85. The molecule has 2 aliphatic rings. The number of pyridine rings is 1. The molecule has 2 aliphatic heterocycles. The van der Waals surface area contributed by atoms with Crippen molar-refractivity contribution < 1.29 is 9.13 Å². The van der Waals surface area contributed by atoms with E-state index in [0.717, 1.165) is 30.8 Å². The summed E-state index contributed by atoms with van der Waals surface area (Å²) < 4.78 is 19.8. The Morgan fingerprint density at radius 1 is 1.38 bits per heavy atom. The molecule has 1 aromatic heterocycles. The molecule has 0 saturated carbocycles. The molecule has 86 valence electrons. The van der Waals surface area contributed by atoms with Gasteiger partial charge in [0.1, 0.15) is 0 Å². The second-order valence-electron chi connectivity index (χ2n) is 4.43. The topological polar surface area (TPSA) is 25.4 Å². The molecule has 3 heterocycles. The van der Waals surface area contributed by atoms with Crippen LogP contribution in [0.2, 0.25) is 0 Å². The van der Waals surface area contributed by atoms with Crippen molar-refractivity contribution in [3.8, 4) is 0 Å². The maximum atomic E-state index is 13.6. The molecular formula is C11H12BrFN2O. The molecule has 0 N–H and O–H groups in total. The average Bonchev–Trinajstić information content (AvgIpc) is 2.81. The third-order valence-electron chi connectivity index (χ3n) is 3.37. The second kappa shape index (κ2) is 3.96. The van der Waals surface area contributed by atoms with Gasteiger partial charge in [-0.25, -0.2) is 4.98 Å². The van der Waals surface area contributed by atoms with Crippen molar-refractivity contribution in [2.45, 2.75) is 0 Å². The lowest BCUT2D eigenvalue weighted by Crippen LogP contribution is -2.23. The molecule has 2 saturated heterocycles. The van der Waals surface area contributed by atoms with E-state index >= 15 is 0 Å². The van der Waals surface area contributed by atoms with Crippen molar-refractivity contribution in [3.05, 3.63) is 22.7 Å².